The van der Waals surface area contributed by atoms with Crippen LogP contribution in [0.3, 0.4) is 0 Å². The number of hydrogen-bond acceptors (Lipinski definition) is 2. The second kappa shape index (κ2) is 7.18. The standard InChI is InChI=1S/C16H16Br2N2O/c1-3-20(10-13-6-4-5-11(2)19-13)16(21)14-9-12(17)7-8-15(14)18/h4-9H,3,10H2,1-2H3. The van der Waals surface area contributed by atoms with Gasteiger partial charge in [-0.15, -0.1) is 0 Å². The molecule has 1 heterocycles. The van der Waals surface area contributed by atoms with Gasteiger partial charge in [0.25, 0.3) is 5.91 Å². The van der Waals surface area contributed by atoms with Crippen LogP contribution in [0.1, 0.15) is 28.7 Å². The molecule has 0 fully saturated rings. The molecule has 1 aromatic heterocycles. The van der Waals surface area contributed by atoms with E-state index in [1.165, 1.54) is 0 Å². The zero-order valence-corrected chi connectivity index (χ0v) is 15.1. The molecule has 2 aromatic rings. The maximum atomic E-state index is 12.7. The predicted octanol–water partition coefficient (Wildman–Crippen LogP) is 4.58. The number of hydrogen-bond donors (Lipinski definition) is 0. The molecule has 0 radical (unpaired) electrons. The summed E-state index contributed by atoms with van der Waals surface area (Å²) < 4.78 is 1.69. The van der Waals surface area contributed by atoms with Crippen molar-refractivity contribution in [3.63, 3.8) is 0 Å². The lowest BCUT2D eigenvalue weighted by Crippen LogP contribution is -2.31. The first-order valence-corrected chi connectivity index (χ1v) is 8.26. The van der Waals surface area contributed by atoms with Gasteiger partial charge in [0.2, 0.25) is 0 Å². The second-order valence-corrected chi connectivity index (χ2v) is 6.48. The summed E-state index contributed by atoms with van der Waals surface area (Å²) in [6, 6.07) is 11.5. The quantitative estimate of drug-likeness (QED) is 0.737. The number of nitrogens with zero attached hydrogens (tertiary/aromatic N) is 2. The highest BCUT2D eigenvalue weighted by Gasteiger charge is 2.18. The average Bonchev–Trinajstić information content (AvgIpc) is 2.46. The van der Waals surface area contributed by atoms with Gasteiger partial charge in [0, 0.05) is 21.2 Å². The molecule has 1 amide bonds. The molecule has 0 spiro atoms. The Morgan fingerprint density at radius 3 is 2.67 bits per heavy atom. The van der Waals surface area contributed by atoms with Crippen LogP contribution in [0.2, 0.25) is 0 Å². The van der Waals surface area contributed by atoms with Gasteiger partial charge >= 0.3 is 0 Å². The van der Waals surface area contributed by atoms with E-state index < -0.39 is 0 Å². The van der Waals surface area contributed by atoms with Crippen molar-refractivity contribution in [3.05, 3.63) is 62.3 Å². The van der Waals surface area contributed by atoms with Crippen LogP contribution in [0.4, 0.5) is 0 Å². The van der Waals surface area contributed by atoms with Gasteiger partial charge in [-0.1, -0.05) is 22.0 Å². The number of carbonyl (C=O) groups excluding carboxylic acids is 1. The van der Waals surface area contributed by atoms with Gasteiger partial charge < -0.3 is 4.90 Å². The Kier molecular flexibility index (Phi) is 5.53. The number of pyridine rings is 1. The molecule has 21 heavy (non-hydrogen) atoms. The molecule has 0 aliphatic carbocycles. The fourth-order valence-electron chi connectivity index (χ4n) is 2.04. The fourth-order valence-corrected chi connectivity index (χ4v) is 2.82. The largest absolute Gasteiger partial charge is 0.333 e. The molecule has 0 saturated carbocycles. The maximum Gasteiger partial charge on any atom is 0.255 e. The molecule has 2 rings (SSSR count). The van der Waals surface area contributed by atoms with E-state index >= 15 is 0 Å². The molecule has 0 unspecified atom stereocenters. The lowest BCUT2D eigenvalue weighted by atomic mass is 10.2. The highest BCUT2D eigenvalue weighted by atomic mass is 79.9. The summed E-state index contributed by atoms with van der Waals surface area (Å²) in [5.41, 5.74) is 2.51. The molecular weight excluding hydrogens is 396 g/mol. The first kappa shape index (κ1) is 16.2. The van der Waals surface area contributed by atoms with Gasteiger partial charge in [-0.05, 0) is 60.1 Å². The normalized spacial score (nSPS) is 10.5. The molecule has 0 aliphatic heterocycles. The van der Waals surface area contributed by atoms with Crippen molar-refractivity contribution in [1.82, 2.24) is 9.88 Å². The Hall–Kier alpha value is -1.20. The summed E-state index contributed by atoms with van der Waals surface area (Å²) >= 11 is 6.85. The van der Waals surface area contributed by atoms with Crippen LogP contribution < -0.4 is 0 Å². The molecule has 0 N–H and O–H groups in total. The molecule has 0 atom stereocenters. The molecule has 0 saturated heterocycles. The van der Waals surface area contributed by atoms with E-state index in [1.807, 2.05) is 50.2 Å². The number of carbonyl (C=O) groups is 1. The second-order valence-electron chi connectivity index (χ2n) is 4.71. The SMILES string of the molecule is CCN(Cc1cccc(C)n1)C(=O)c1cc(Br)ccc1Br. The molecule has 110 valence electrons. The van der Waals surface area contributed by atoms with Crippen molar-refractivity contribution in [2.24, 2.45) is 0 Å². The summed E-state index contributed by atoms with van der Waals surface area (Å²) in [5, 5.41) is 0. The molecular formula is C16H16Br2N2O. The minimum atomic E-state index is -0.00557. The highest BCUT2D eigenvalue weighted by molar-refractivity contribution is 9.11. The number of aryl methyl sites for hydroxylation is 1. The van der Waals surface area contributed by atoms with E-state index in [4.69, 9.17) is 0 Å². The molecule has 1 aromatic carbocycles. The summed E-state index contributed by atoms with van der Waals surface area (Å²) in [4.78, 5) is 18.9. The van der Waals surface area contributed by atoms with Crippen LogP contribution in [0.25, 0.3) is 0 Å². The van der Waals surface area contributed by atoms with Crippen LogP contribution in [-0.2, 0) is 6.54 Å². The summed E-state index contributed by atoms with van der Waals surface area (Å²) in [6.07, 6.45) is 0. The average molecular weight is 412 g/mol. The van der Waals surface area contributed by atoms with Gasteiger partial charge in [-0.25, -0.2) is 0 Å². The van der Waals surface area contributed by atoms with Crippen molar-refractivity contribution in [2.45, 2.75) is 20.4 Å². The van der Waals surface area contributed by atoms with E-state index in [-0.39, 0.29) is 5.91 Å². The highest BCUT2D eigenvalue weighted by Crippen LogP contribution is 2.23. The fraction of sp³-hybridized carbons (Fsp3) is 0.250. The minimum absolute atomic E-state index is 0.00557. The molecule has 0 bridgehead atoms. The van der Waals surface area contributed by atoms with Gasteiger partial charge in [0.1, 0.15) is 0 Å². The molecule has 3 nitrogen and oxygen atoms in total. The number of benzene rings is 1. The summed E-state index contributed by atoms with van der Waals surface area (Å²) in [7, 11) is 0. The van der Waals surface area contributed by atoms with E-state index in [0.29, 0.717) is 18.7 Å². The van der Waals surface area contributed by atoms with Crippen molar-refractivity contribution in [2.75, 3.05) is 6.54 Å². The lowest BCUT2D eigenvalue weighted by Gasteiger charge is -2.21. The van der Waals surface area contributed by atoms with Gasteiger partial charge in [-0.3, -0.25) is 9.78 Å². The van der Waals surface area contributed by atoms with Gasteiger partial charge in [0.15, 0.2) is 0 Å². The Balaban J connectivity index is 2.24. The van der Waals surface area contributed by atoms with E-state index in [9.17, 15) is 4.79 Å². The van der Waals surface area contributed by atoms with Gasteiger partial charge in [-0.2, -0.15) is 0 Å². The van der Waals surface area contributed by atoms with Crippen molar-refractivity contribution in [1.29, 1.82) is 0 Å². The lowest BCUT2D eigenvalue weighted by molar-refractivity contribution is 0.0749. The first-order valence-electron chi connectivity index (χ1n) is 6.68. The zero-order valence-electron chi connectivity index (χ0n) is 11.9. The number of amides is 1. The Morgan fingerprint density at radius 1 is 1.24 bits per heavy atom. The number of aromatic nitrogens is 1. The smallest absolute Gasteiger partial charge is 0.255 e. The van der Waals surface area contributed by atoms with Crippen LogP contribution in [0, 0.1) is 6.92 Å². The van der Waals surface area contributed by atoms with E-state index in [2.05, 4.69) is 36.8 Å². The third-order valence-electron chi connectivity index (χ3n) is 3.13. The minimum Gasteiger partial charge on any atom is -0.333 e. The number of rotatable bonds is 4. The van der Waals surface area contributed by atoms with Crippen LogP contribution in [0.5, 0.6) is 0 Å². The van der Waals surface area contributed by atoms with Crippen LogP contribution >= 0.6 is 31.9 Å². The first-order chi connectivity index (χ1) is 10.0. The molecule has 5 heteroatoms. The van der Waals surface area contributed by atoms with E-state index in [1.54, 1.807) is 4.90 Å². The topological polar surface area (TPSA) is 33.2 Å². The van der Waals surface area contributed by atoms with Crippen LogP contribution in [0.15, 0.2) is 45.3 Å². The summed E-state index contributed by atoms with van der Waals surface area (Å²) in [6.45, 7) is 5.06. The van der Waals surface area contributed by atoms with E-state index in [0.717, 1.165) is 20.3 Å². The van der Waals surface area contributed by atoms with Crippen molar-refractivity contribution < 1.29 is 4.79 Å². The monoisotopic (exact) mass is 410 g/mol. The number of halogens is 2. The Morgan fingerprint density at radius 2 is 2.00 bits per heavy atom. The third kappa shape index (κ3) is 4.14. The summed E-state index contributed by atoms with van der Waals surface area (Å²) in [5.74, 6) is -0.00557. The van der Waals surface area contributed by atoms with Gasteiger partial charge in [0.05, 0.1) is 17.8 Å². The Labute approximate surface area is 141 Å². The third-order valence-corrected chi connectivity index (χ3v) is 4.31. The Bertz CT molecular complexity index is 658. The predicted molar refractivity (Wildman–Crippen MR) is 91.2 cm³/mol. The van der Waals surface area contributed by atoms with Crippen LogP contribution in [-0.4, -0.2) is 22.3 Å². The maximum absolute atomic E-state index is 12.7. The van der Waals surface area contributed by atoms with Crippen molar-refractivity contribution >= 4 is 37.8 Å². The van der Waals surface area contributed by atoms with Crippen molar-refractivity contribution in [3.8, 4) is 0 Å². The molecule has 0 aliphatic rings. The zero-order chi connectivity index (χ0) is 15.4.